The average Bonchev–Trinajstić information content (AvgIpc) is 3.09. The summed E-state index contributed by atoms with van der Waals surface area (Å²) in [6.45, 7) is 5.62. The normalized spacial score (nSPS) is 22.6. The third kappa shape index (κ3) is 3.15. The lowest BCUT2D eigenvalue weighted by Crippen LogP contribution is -2.51. The number of anilines is 1. The fraction of sp³-hybridized carbons (Fsp3) is 0.667. The van der Waals surface area contributed by atoms with Gasteiger partial charge in [0.1, 0.15) is 0 Å². The van der Waals surface area contributed by atoms with Gasteiger partial charge in [0.15, 0.2) is 6.10 Å². The molecule has 1 amide bonds. The van der Waals surface area contributed by atoms with Gasteiger partial charge in [-0.2, -0.15) is 0 Å². The van der Waals surface area contributed by atoms with Crippen LogP contribution in [0.2, 0.25) is 0 Å². The lowest BCUT2D eigenvalue weighted by Gasteiger charge is -2.33. The molecule has 0 saturated carbocycles. The summed E-state index contributed by atoms with van der Waals surface area (Å²) >= 11 is 0. The summed E-state index contributed by atoms with van der Waals surface area (Å²) in [5.41, 5.74) is 1.12. The van der Waals surface area contributed by atoms with Gasteiger partial charge in [0, 0.05) is 32.0 Å². The van der Waals surface area contributed by atoms with Crippen molar-refractivity contribution in [3.8, 4) is 0 Å². The maximum Gasteiger partial charge on any atom is 0.253 e. The maximum absolute atomic E-state index is 12.4. The van der Waals surface area contributed by atoms with Crippen LogP contribution in [0.3, 0.4) is 0 Å². The number of rotatable bonds is 3. The molecule has 6 heteroatoms. The Bertz CT molecular complexity index is 485. The molecular weight excluding hydrogens is 268 g/mol. The van der Waals surface area contributed by atoms with E-state index in [0.717, 1.165) is 44.5 Å². The van der Waals surface area contributed by atoms with Crippen LogP contribution in [-0.4, -0.2) is 59.7 Å². The van der Waals surface area contributed by atoms with E-state index in [4.69, 9.17) is 4.74 Å². The molecule has 1 aromatic rings. The van der Waals surface area contributed by atoms with E-state index < -0.39 is 0 Å². The Kier molecular flexibility index (Phi) is 4.34. The molecular formula is C15H22N4O2. The lowest BCUT2D eigenvalue weighted by atomic mass is 10.2. The number of morpholine rings is 1. The summed E-state index contributed by atoms with van der Waals surface area (Å²) in [4.78, 5) is 25.2. The molecule has 1 aromatic heterocycles. The van der Waals surface area contributed by atoms with E-state index in [1.165, 1.54) is 0 Å². The highest BCUT2D eigenvalue weighted by Crippen LogP contribution is 2.17. The molecule has 2 aliphatic rings. The quantitative estimate of drug-likeness (QED) is 0.826. The number of carbonyl (C=O) groups excluding carboxylic acids is 1. The molecule has 2 aliphatic heterocycles. The Morgan fingerprint density at radius 2 is 2.00 bits per heavy atom. The topological polar surface area (TPSA) is 58.6 Å². The summed E-state index contributed by atoms with van der Waals surface area (Å²) in [5, 5.41) is 0. The molecule has 1 atom stereocenters. The SMILES string of the molecule is CCc1cnc(N2CCOC(C(=O)N3CCCC3)C2)nc1. The van der Waals surface area contributed by atoms with E-state index in [-0.39, 0.29) is 12.0 Å². The van der Waals surface area contributed by atoms with Crippen LogP contribution in [0.5, 0.6) is 0 Å². The summed E-state index contributed by atoms with van der Waals surface area (Å²) in [7, 11) is 0. The first-order chi connectivity index (χ1) is 10.3. The molecule has 0 spiro atoms. The van der Waals surface area contributed by atoms with Gasteiger partial charge in [-0.1, -0.05) is 6.92 Å². The van der Waals surface area contributed by atoms with Crippen LogP contribution in [0.25, 0.3) is 0 Å². The van der Waals surface area contributed by atoms with Crippen LogP contribution >= 0.6 is 0 Å². The van der Waals surface area contributed by atoms with E-state index >= 15 is 0 Å². The Balaban J connectivity index is 1.65. The predicted molar refractivity (Wildman–Crippen MR) is 79.2 cm³/mol. The fourth-order valence-electron chi connectivity index (χ4n) is 2.82. The van der Waals surface area contributed by atoms with Crippen LogP contribution < -0.4 is 4.90 Å². The minimum atomic E-state index is -0.383. The van der Waals surface area contributed by atoms with Crippen molar-refractivity contribution in [2.45, 2.75) is 32.3 Å². The van der Waals surface area contributed by atoms with E-state index in [0.29, 0.717) is 19.1 Å². The molecule has 114 valence electrons. The lowest BCUT2D eigenvalue weighted by molar-refractivity contribution is -0.143. The smallest absolute Gasteiger partial charge is 0.253 e. The molecule has 6 nitrogen and oxygen atoms in total. The molecule has 1 unspecified atom stereocenters. The van der Waals surface area contributed by atoms with E-state index in [1.54, 1.807) is 0 Å². The molecule has 0 bridgehead atoms. The number of likely N-dealkylation sites (tertiary alicyclic amines) is 1. The Labute approximate surface area is 125 Å². The van der Waals surface area contributed by atoms with Crippen molar-refractivity contribution in [1.29, 1.82) is 0 Å². The van der Waals surface area contributed by atoms with Crippen LogP contribution in [0.1, 0.15) is 25.3 Å². The van der Waals surface area contributed by atoms with Gasteiger partial charge in [0.25, 0.3) is 5.91 Å². The van der Waals surface area contributed by atoms with Crippen molar-refractivity contribution in [3.63, 3.8) is 0 Å². The van der Waals surface area contributed by atoms with Gasteiger partial charge in [-0.05, 0) is 24.8 Å². The van der Waals surface area contributed by atoms with Crippen LogP contribution in [-0.2, 0) is 16.0 Å². The summed E-state index contributed by atoms with van der Waals surface area (Å²) in [6.07, 6.45) is 6.46. The number of hydrogen-bond donors (Lipinski definition) is 0. The number of nitrogens with zero attached hydrogens (tertiary/aromatic N) is 4. The van der Waals surface area contributed by atoms with Gasteiger partial charge >= 0.3 is 0 Å². The number of carbonyl (C=O) groups is 1. The molecule has 21 heavy (non-hydrogen) atoms. The van der Waals surface area contributed by atoms with Crippen molar-refractivity contribution in [3.05, 3.63) is 18.0 Å². The van der Waals surface area contributed by atoms with Gasteiger partial charge < -0.3 is 14.5 Å². The van der Waals surface area contributed by atoms with Crippen molar-refractivity contribution in [2.24, 2.45) is 0 Å². The third-order valence-corrected chi connectivity index (χ3v) is 4.14. The van der Waals surface area contributed by atoms with Gasteiger partial charge in [-0.25, -0.2) is 9.97 Å². The minimum absolute atomic E-state index is 0.113. The second-order valence-corrected chi connectivity index (χ2v) is 5.58. The summed E-state index contributed by atoms with van der Waals surface area (Å²) < 4.78 is 5.66. The monoisotopic (exact) mass is 290 g/mol. The highest BCUT2D eigenvalue weighted by Gasteiger charge is 2.32. The van der Waals surface area contributed by atoms with E-state index in [2.05, 4.69) is 16.9 Å². The maximum atomic E-state index is 12.4. The third-order valence-electron chi connectivity index (χ3n) is 4.14. The first-order valence-electron chi connectivity index (χ1n) is 7.74. The molecule has 0 radical (unpaired) electrons. The molecule has 3 rings (SSSR count). The highest BCUT2D eigenvalue weighted by atomic mass is 16.5. The highest BCUT2D eigenvalue weighted by molar-refractivity contribution is 5.82. The van der Waals surface area contributed by atoms with Gasteiger partial charge in [0.2, 0.25) is 5.95 Å². The number of ether oxygens (including phenoxy) is 1. The second kappa shape index (κ2) is 6.39. The Morgan fingerprint density at radius 1 is 1.29 bits per heavy atom. The molecule has 2 fully saturated rings. The van der Waals surface area contributed by atoms with Gasteiger partial charge in [-0.3, -0.25) is 4.79 Å². The summed E-state index contributed by atoms with van der Waals surface area (Å²) in [5.74, 6) is 0.803. The molecule has 3 heterocycles. The second-order valence-electron chi connectivity index (χ2n) is 5.58. The zero-order valence-electron chi connectivity index (χ0n) is 12.5. The van der Waals surface area contributed by atoms with Crippen LogP contribution in [0, 0.1) is 0 Å². The van der Waals surface area contributed by atoms with E-state index in [9.17, 15) is 4.79 Å². The zero-order chi connectivity index (χ0) is 14.7. The Hall–Kier alpha value is -1.69. The first-order valence-corrected chi connectivity index (χ1v) is 7.74. The van der Waals surface area contributed by atoms with Gasteiger partial charge in [0.05, 0.1) is 13.2 Å². The van der Waals surface area contributed by atoms with E-state index in [1.807, 2.05) is 22.2 Å². The van der Waals surface area contributed by atoms with Crippen LogP contribution in [0.4, 0.5) is 5.95 Å². The van der Waals surface area contributed by atoms with Crippen molar-refractivity contribution in [1.82, 2.24) is 14.9 Å². The first kappa shape index (κ1) is 14.3. The van der Waals surface area contributed by atoms with Crippen molar-refractivity contribution >= 4 is 11.9 Å². The predicted octanol–water partition coefficient (Wildman–Crippen LogP) is 0.867. The molecule has 0 N–H and O–H groups in total. The zero-order valence-corrected chi connectivity index (χ0v) is 12.5. The fourth-order valence-corrected chi connectivity index (χ4v) is 2.82. The minimum Gasteiger partial charge on any atom is -0.365 e. The number of hydrogen-bond acceptors (Lipinski definition) is 5. The number of aromatic nitrogens is 2. The van der Waals surface area contributed by atoms with Crippen molar-refractivity contribution in [2.75, 3.05) is 37.7 Å². The number of aryl methyl sites for hydroxylation is 1. The standard InChI is InChI=1S/C15H22N4O2/c1-2-12-9-16-15(17-10-12)19-7-8-21-13(11-19)14(20)18-5-3-4-6-18/h9-10,13H,2-8,11H2,1H3. The molecule has 0 aromatic carbocycles. The summed E-state index contributed by atoms with van der Waals surface area (Å²) in [6, 6.07) is 0. The van der Waals surface area contributed by atoms with Crippen LogP contribution in [0.15, 0.2) is 12.4 Å². The average molecular weight is 290 g/mol. The van der Waals surface area contributed by atoms with Crippen molar-refractivity contribution < 1.29 is 9.53 Å². The molecule has 2 saturated heterocycles. The van der Waals surface area contributed by atoms with Gasteiger partial charge in [-0.15, -0.1) is 0 Å². The Morgan fingerprint density at radius 3 is 2.67 bits per heavy atom. The largest absolute Gasteiger partial charge is 0.365 e. The number of amides is 1. The molecule has 0 aliphatic carbocycles.